The third-order valence-electron chi connectivity index (χ3n) is 3.63. The number of anilines is 1. The van der Waals surface area contributed by atoms with Crippen LogP contribution in [0.5, 0.6) is 0 Å². The molecule has 0 aliphatic carbocycles. The van der Waals surface area contributed by atoms with Gasteiger partial charge in [-0.05, 0) is 18.7 Å². The van der Waals surface area contributed by atoms with Gasteiger partial charge in [-0.15, -0.1) is 5.10 Å². The summed E-state index contributed by atoms with van der Waals surface area (Å²) in [5.41, 5.74) is 2.49. The van der Waals surface area contributed by atoms with Crippen LogP contribution in [0.3, 0.4) is 0 Å². The number of hydrogen-bond acceptors (Lipinski definition) is 5. The normalized spacial score (nSPS) is 21.4. The van der Waals surface area contributed by atoms with Crippen LogP contribution in [0.15, 0.2) is 6.07 Å². The molecule has 0 radical (unpaired) electrons. The number of nitrogens with zero attached hydrogens (tertiary/aromatic N) is 4. The van der Waals surface area contributed by atoms with Crippen molar-refractivity contribution in [1.29, 1.82) is 0 Å². The van der Waals surface area contributed by atoms with E-state index in [1.807, 2.05) is 0 Å². The molecule has 3 heterocycles. The van der Waals surface area contributed by atoms with Gasteiger partial charge in [0.15, 0.2) is 5.82 Å². The fraction of sp³-hybridized carbons (Fsp3) is 0.667. The maximum Gasteiger partial charge on any atom is 0.151 e. The molecule has 5 nitrogen and oxygen atoms in total. The van der Waals surface area contributed by atoms with Crippen LogP contribution in [0.2, 0.25) is 0 Å². The van der Waals surface area contributed by atoms with Gasteiger partial charge in [-0.25, -0.2) is 0 Å². The third-order valence-corrected chi connectivity index (χ3v) is 3.63. The second-order valence-electron chi connectivity index (χ2n) is 4.89. The molecule has 0 bridgehead atoms. The average Bonchev–Trinajstić information content (AvgIpc) is 2.39. The van der Waals surface area contributed by atoms with E-state index in [2.05, 4.69) is 38.4 Å². The lowest BCUT2D eigenvalue weighted by Crippen LogP contribution is -2.45. The van der Waals surface area contributed by atoms with Crippen molar-refractivity contribution in [3.8, 4) is 0 Å². The van der Waals surface area contributed by atoms with E-state index >= 15 is 0 Å². The SMILES string of the molecule is CN1CCN(c2cc3c(nn2)CCNC3)CC1. The molecule has 1 fully saturated rings. The molecule has 1 N–H and O–H groups in total. The minimum atomic E-state index is 0.936. The molecule has 92 valence electrons. The molecule has 2 aliphatic rings. The Labute approximate surface area is 102 Å². The Kier molecular flexibility index (Phi) is 2.94. The Morgan fingerprint density at radius 2 is 2.00 bits per heavy atom. The lowest BCUT2D eigenvalue weighted by Gasteiger charge is -2.33. The Bertz CT molecular complexity index is 398. The average molecular weight is 233 g/mol. The van der Waals surface area contributed by atoms with Crippen LogP contribution >= 0.6 is 0 Å². The van der Waals surface area contributed by atoms with Gasteiger partial charge in [0.2, 0.25) is 0 Å². The van der Waals surface area contributed by atoms with Crippen LogP contribution in [0, 0.1) is 0 Å². The van der Waals surface area contributed by atoms with Crippen molar-refractivity contribution in [2.75, 3.05) is 44.7 Å². The summed E-state index contributed by atoms with van der Waals surface area (Å²) in [5, 5.41) is 12.1. The number of likely N-dealkylation sites (N-methyl/N-ethyl adjacent to an activating group) is 1. The monoisotopic (exact) mass is 233 g/mol. The molecule has 0 unspecified atom stereocenters. The van der Waals surface area contributed by atoms with Gasteiger partial charge in [-0.3, -0.25) is 0 Å². The van der Waals surface area contributed by atoms with Gasteiger partial charge in [0, 0.05) is 45.7 Å². The van der Waals surface area contributed by atoms with Crippen LogP contribution in [0.4, 0.5) is 5.82 Å². The molecule has 1 aromatic heterocycles. The highest BCUT2D eigenvalue weighted by Crippen LogP contribution is 2.18. The molecule has 5 heteroatoms. The number of nitrogens with one attached hydrogen (secondary N) is 1. The Morgan fingerprint density at radius 1 is 1.18 bits per heavy atom. The fourth-order valence-corrected chi connectivity index (χ4v) is 2.43. The largest absolute Gasteiger partial charge is 0.353 e. The van der Waals surface area contributed by atoms with Gasteiger partial charge in [0.1, 0.15) is 0 Å². The van der Waals surface area contributed by atoms with E-state index in [9.17, 15) is 0 Å². The highest BCUT2D eigenvalue weighted by molar-refractivity contribution is 5.42. The van der Waals surface area contributed by atoms with E-state index in [1.54, 1.807) is 0 Å². The topological polar surface area (TPSA) is 44.3 Å². The van der Waals surface area contributed by atoms with Crippen LogP contribution in [0.1, 0.15) is 11.3 Å². The predicted molar refractivity (Wildman–Crippen MR) is 67.2 cm³/mol. The first-order valence-electron chi connectivity index (χ1n) is 6.32. The zero-order valence-electron chi connectivity index (χ0n) is 10.3. The molecule has 0 saturated carbocycles. The van der Waals surface area contributed by atoms with Gasteiger partial charge in [-0.2, -0.15) is 5.10 Å². The van der Waals surface area contributed by atoms with Gasteiger partial charge in [0.25, 0.3) is 0 Å². The molecular weight excluding hydrogens is 214 g/mol. The maximum atomic E-state index is 4.37. The molecule has 0 aromatic carbocycles. The van der Waals surface area contributed by atoms with Crippen molar-refractivity contribution < 1.29 is 0 Å². The number of hydrogen-bond donors (Lipinski definition) is 1. The molecule has 1 saturated heterocycles. The van der Waals surface area contributed by atoms with Crippen molar-refractivity contribution in [1.82, 2.24) is 20.4 Å². The standard InChI is InChI=1S/C12H19N5/c1-16-4-6-17(7-5-16)12-8-10-9-13-3-2-11(10)14-15-12/h8,13H,2-7,9H2,1H3. The lowest BCUT2D eigenvalue weighted by atomic mass is 10.1. The lowest BCUT2D eigenvalue weighted by molar-refractivity contribution is 0.311. The number of fused-ring (bicyclic) bond motifs is 1. The molecule has 2 aliphatic heterocycles. The van der Waals surface area contributed by atoms with E-state index in [-0.39, 0.29) is 0 Å². The summed E-state index contributed by atoms with van der Waals surface area (Å²) in [6.45, 7) is 6.28. The second kappa shape index (κ2) is 4.58. The van der Waals surface area contributed by atoms with E-state index in [1.165, 1.54) is 11.3 Å². The smallest absolute Gasteiger partial charge is 0.151 e. The first-order chi connectivity index (χ1) is 8.33. The van der Waals surface area contributed by atoms with Gasteiger partial charge < -0.3 is 15.1 Å². The molecular formula is C12H19N5. The zero-order chi connectivity index (χ0) is 11.7. The highest BCUT2D eigenvalue weighted by atomic mass is 15.3. The minimum Gasteiger partial charge on any atom is -0.353 e. The maximum absolute atomic E-state index is 4.37. The molecule has 0 atom stereocenters. The second-order valence-corrected chi connectivity index (χ2v) is 4.89. The first-order valence-corrected chi connectivity index (χ1v) is 6.32. The quantitative estimate of drug-likeness (QED) is 0.732. The van der Waals surface area contributed by atoms with E-state index < -0.39 is 0 Å². The molecule has 1 aromatic rings. The summed E-state index contributed by atoms with van der Waals surface area (Å²) in [5.74, 6) is 1.04. The fourth-order valence-electron chi connectivity index (χ4n) is 2.43. The van der Waals surface area contributed by atoms with Crippen LogP contribution in [0.25, 0.3) is 0 Å². The van der Waals surface area contributed by atoms with Crippen LogP contribution in [-0.2, 0) is 13.0 Å². The summed E-state index contributed by atoms with van der Waals surface area (Å²) in [4.78, 5) is 4.69. The van der Waals surface area contributed by atoms with Crippen molar-refractivity contribution in [2.45, 2.75) is 13.0 Å². The van der Waals surface area contributed by atoms with E-state index in [0.717, 1.165) is 51.5 Å². The van der Waals surface area contributed by atoms with Crippen molar-refractivity contribution in [3.05, 3.63) is 17.3 Å². The first kappa shape index (κ1) is 10.9. The number of piperazine rings is 1. The number of aromatic nitrogens is 2. The Hall–Kier alpha value is -1.20. The number of rotatable bonds is 1. The van der Waals surface area contributed by atoms with E-state index in [4.69, 9.17) is 0 Å². The summed E-state index contributed by atoms with van der Waals surface area (Å²) < 4.78 is 0. The molecule has 17 heavy (non-hydrogen) atoms. The summed E-state index contributed by atoms with van der Waals surface area (Å²) >= 11 is 0. The third kappa shape index (κ3) is 2.25. The molecule has 3 rings (SSSR count). The van der Waals surface area contributed by atoms with Gasteiger partial charge in [0.05, 0.1) is 5.69 Å². The van der Waals surface area contributed by atoms with E-state index in [0.29, 0.717) is 0 Å². The van der Waals surface area contributed by atoms with Crippen LogP contribution in [-0.4, -0.2) is 54.9 Å². The highest BCUT2D eigenvalue weighted by Gasteiger charge is 2.18. The van der Waals surface area contributed by atoms with Gasteiger partial charge >= 0.3 is 0 Å². The Balaban J connectivity index is 1.79. The predicted octanol–water partition coefficient (Wildman–Crippen LogP) is -0.126. The molecule has 0 amide bonds. The summed E-state index contributed by atoms with van der Waals surface area (Å²) in [7, 11) is 2.17. The summed E-state index contributed by atoms with van der Waals surface area (Å²) in [6, 6.07) is 2.21. The van der Waals surface area contributed by atoms with Crippen molar-refractivity contribution in [3.63, 3.8) is 0 Å². The Morgan fingerprint density at radius 3 is 2.82 bits per heavy atom. The minimum absolute atomic E-state index is 0.936. The van der Waals surface area contributed by atoms with Crippen molar-refractivity contribution in [2.24, 2.45) is 0 Å². The van der Waals surface area contributed by atoms with Gasteiger partial charge in [-0.1, -0.05) is 0 Å². The van der Waals surface area contributed by atoms with Crippen molar-refractivity contribution >= 4 is 5.82 Å². The molecule has 0 spiro atoms. The zero-order valence-corrected chi connectivity index (χ0v) is 10.3. The summed E-state index contributed by atoms with van der Waals surface area (Å²) in [6.07, 6.45) is 1.01. The van der Waals surface area contributed by atoms with Crippen LogP contribution < -0.4 is 10.2 Å².